The van der Waals surface area contributed by atoms with Gasteiger partial charge < -0.3 is 15.5 Å². The first-order chi connectivity index (χ1) is 8.65. The minimum absolute atomic E-state index is 0. The van der Waals surface area contributed by atoms with E-state index in [9.17, 15) is 0 Å². The number of nitrogens with two attached hydrogens (primary N) is 1. The van der Waals surface area contributed by atoms with Crippen molar-refractivity contribution in [3.63, 3.8) is 0 Å². The van der Waals surface area contributed by atoms with Gasteiger partial charge in [0.2, 0.25) is 0 Å². The van der Waals surface area contributed by atoms with Crippen LogP contribution in [0.4, 0.5) is 0 Å². The molecular weight excluding hydrogens is 351 g/mol. The summed E-state index contributed by atoms with van der Waals surface area (Å²) in [5.41, 5.74) is 6.11. The molecule has 0 bridgehead atoms. The SMILES string of the molecule is CC1CCN(C(N)=NCC2CCCN(C)C2)CC1.I. The van der Waals surface area contributed by atoms with Crippen LogP contribution in [-0.2, 0) is 0 Å². The van der Waals surface area contributed by atoms with Crippen LogP contribution >= 0.6 is 24.0 Å². The molecule has 0 aliphatic carbocycles. The van der Waals surface area contributed by atoms with Crippen molar-refractivity contribution in [1.82, 2.24) is 9.80 Å². The highest BCUT2D eigenvalue weighted by Gasteiger charge is 2.19. The molecular formula is C14H29IN4. The second-order valence-corrected chi connectivity index (χ2v) is 6.14. The molecule has 5 heteroatoms. The fourth-order valence-corrected chi connectivity index (χ4v) is 2.98. The van der Waals surface area contributed by atoms with Gasteiger partial charge in [-0.25, -0.2) is 0 Å². The minimum atomic E-state index is 0. The molecule has 2 N–H and O–H groups in total. The molecule has 0 amide bonds. The zero-order valence-corrected chi connectivity index (χ0v) is 14.7. The molecule has 4 nitrogen and oxygen atoms in total. The number of aliphatic imine (C=N–C) groups is 1. The molecule has 0 aromatic rings. The predicted octanol–water partition coefficient (Wildman–Crippen LogP) is 1.99. The molecule has 0 spiro atoms. The van der Waals surface area contributed by atoms with Crippen molar-refractivity contribution in [2.75, 3.05) is 39.8 Å². The topological polar surface area (TPSA) is 44.9 Å². The summed E-state index contributed by atoms with van der Waals surface area (Å²) < 4.78 is 0. The smallest absolute Gasteiger partial charge is 0.191 e. The van der Waals surface area contributed by atoms with Crippen molar-refractivity contribution in [1.29, 1.82) is 0 Å². The zero-order chi connectivity index (χ0) is 13.0. The second kappa shape index (κ2) is 8.29. The zero-order valence-electron chi connectivity index (χ0n) is 12.3. The van der Waals surface area contributed by atoms with Crippen molar-refractivity contribution in [3.8, 4) is 0 Å². The summed E-state index contributed by atoms with van der Waals surface area (Å²) in [6, 6.07) is 0. The summed E-state index contributed by atoms with van der Waals surface area (Å²) in [6.07, 6.45) is 5.11. The molecule has 0 aromatic heterocycles. The first kappa shape index (κ1) is 17.0. The average molecular weight is 380 g/mol. The fourth-order valence-electron chi connectivity index (χ4n) is 2.98. The highest BCUT2D eigenvalue weighted by atomic mass is 127. The van der Waals surface area contributed by atoms with Crippen molar-refractivity contribution in [3.05, 3.63) is 0 Å². The van der Waals surface area contributed by atoms with E-state index in [1.54, 1.807) is 0 Å². The predicted molar refractivity (Wildman–Crippen MR) is 92.1 cm³/mol. The van der Waals surface area contributed by atoms with Gasteiger partial charge in [0.15, 0.2) is 5.96 Å². The van der Waals surface area contributed by atoms with E-state index >= 15 is 0 Å². The van der Waals surface area contributed by atoms with E-state index in [2.05, 4.69) is 28.8 Å². The third kappa shape index (κ3) is 5.45. The summed E-state index contributed by atoms with van der Waals surface area (Å²) in [7, 11) is 2.20. The Bertz CT molecular complexity index is 287. The maximum atomic E-state index is 6.11. The van der Waals surface area contributed by atoms with Crippen molar-refractivity contribution in [2.45, 2.75) is 32.6 Å². The third-order valence-corrected chi connectivity index (χ3v) is 4.34. The Kier molecular flexibility index (Phi) is 7.42. The second-order valence-electron chi connectivity index (χ2n) is 6.14. The Morgan fingerprint density at radius 1 is 1.21 bits per heavy atom. The summed E-state index contributed by atoms with van der Waals surface area (Å²) in [4.78, 5) is 9.29. The van der Waals surface area contributed by atoms with Gasteiger partial charge in [-0.15, -0.1) is 24.0 Å². The molecule has 2 aliphatic heterocycles. The number of halogens is 1. The number of hydrogen-bond acceptors (Lipinski definition) is 2. The standard InChI is InChI=1S/C14H28N4.HI/c1-12-5-8-18(9-6-12)14(15)16-10-13-4-3-7-17(2)11-13;/h12-13H,3-11H2,1-2H3,(H2,15,16);1H. The quantitative estimate of drug-likeness (QED) is 0.453. The van der Waals surface area contributed by atoms with E-state index in [1.807, 2.05) is 0 Å². The lowest BCUT2D eigenvalue weighted by Crippen LogP contribution is -2.43. The minimum Gasteiger partial charge on any atom is -0.370 e. The van der Waals surface area contributed by atoms with Crippen LogP contribution in [0.15, 0.2) is 4.99 Å². The number of piperidine rings is 2. The molecule has 2 aliphatic rings. The molecule has 0 aromatic carbocycles. The van der Waals surface area contributed by atoms with Crippen LogP contribution in [0.1, 0.15) is 32.6 Å². The van der Waals surface area contributed by atoms with Crippen molar-refractivity contribution >= 4 is 29.9 Å². The largest absolute Gasteiger partial charge is 0.370 e. The molecule has 0 saturated carbocycles. The molecule has 2 fully saturated rings. The first-order valence-corrected chi connectivity index (χ1v) is 7.38. The van der Waals surface area contributed by atoms with E-state index in [0.29, 0.717) is 5.92 Å². The Morgan fingerprint density at radius 3 is 2.53 bits per heavy atom. The lowest BCUT2D eigenvalue weighted by Gasteiger charge is -2.32. The van der Waals surface area contributed by atoms with Gasteiger partial charge in [-0.3, -0.25) is 4.99 Å². The van der Waals surface area contributed by atoms with Gasteiger partial charge in [-0.05, 0) is 51.1 Å². The molecule has 2 saturated heterocycles. The maximum absolute atomic E-state index is 6.11. The van der Waals surface area contributed by atoms with E-state index in [-0.39, 0.29) is 24.0 Å². The van der Waals surface area contributed by atoms with Gasteiger partial charge >= 0.3 is 0 Å². The van der Waals surface area contributed by atoms with Gasteiger partial charge in [-0.1, -0.05) is 6.92 Å². The average Bonchev–Trinajstić information content (AvgIpc) is 2.37. The number of likely N-dealkylation sites (tertiary alicyclic amines) is 2. The first-order valence-electron chi connectivity index (χ1n) is 7.38. The van der Waals surface area contributed by atoms with Crippen LogP contribution in [-0.4, -0.2) is 55.5 Å². The summed E-state index contributed by atoms with van der Waals surface area (Å²) in [6.45, 7) is 7.81. The molecule has 112 valence electrons. The van der Waals surface area contributed by atoms with Gasteiger partial charge in [0.1, 0.15) is 0 Å². The van der Waals surface area contributed by atoms with Crippen LogP contribution in [0.5, 0.6) is 0 Å². The van der Waals surface area contributed by atoms with Crippen LogP contribution in [0.2, 0.25) is 0 Å². The fraction of sp³-hybridized carbons (Fsp3) is 0.929. The maximum Gasteiger partial charge on any atom is 0.191 e. The van der Waals surface area contributed by atoms with Crippen molar-refractivity contribution < 1.29 is 0 Å². The molecule has 0 radical (unpaired) electrons. The summed E-state index contributed by atoms with van der Waals surface area (Å²) in [5, 5.41) is 0. The Labute approximate surface area is 134 Å². The van der Waals surface area contributed by atoms with Crippen LogP contribution < -0.4 is 5.73 Å². The van der Waals surface area contributed by atoms with Gasteiger partial charge in [0, 0.05) is 26.2 Å². The van der Waals surface area contributed by atoms with Gasteiger partial charge in [0.05, 0.1) is 0 Å². The number of guanidine groups is 1. The van der Waals surface area contributed by atoms with E-state index < -0.39 is 0 Å². The third-order valence-electron chi connectivity index (χ3n) is 4.34. The van der Waals surface area contributed by atoms with E-state index in [1.165, 1.54) is 38.8 Å². The van der Waals surface area contributed by atoms with Crippen LogP contribution in [0.25, 0.3) is 0 Å². The van der Waals surface area contributed by atoms with Crippen molar-refractivity contribution in [2.24, 2.45) is 22.6 Å². The molecule has 19 heavy (non-hydrogen) atoms. The summed E-state index contributed by atoms with van der Waals surface area (Å²) >= 11 is 0. The highest BCUT2D eigenvalue weighted by Crippen LogP contribution is 2.17. The molecule has 2 rings (SSSR count). The number of rotatable bonds is 2. The molecule has 1 atom stereocenters. The number of hydrogen-bond donors (Lipinski definition) is 1. The van der Waals surface area contributed by atoms with Crippen LogP contribution in [0.3, 0.4) is 0 Å². The Balaban J connectivity index is 0.00000180. The molecule has 2 heterocycles. The normalized spacial score (nSPS) is 27.2. The van der Waals surface area contributed by atoms with Gasteiger partial charge in [0.25, 0.3) is 0 Å². The van der Waals surface area contributed by atoms with E-state index in [4.69, 9.17) is 5.73 Å². The van der Waals surface area contributed by atoms with E-state index in [0.717, 1.165) is 31.5 Å². The lowest BCUT2D eigenvalue weighted by atomic mass is 9.98. The monoisotopic (exact) mass is 380 g/mol. The van der Waals surface area contributed by atoms with Crippen LogP contribution in [0, 0.1) is 11.8 Å². The summed E-state index contributed by atoms with van der Waals surface area (Å²) in [5.74, 6) is 2.32. The van der Waals surface area contributed by atoms with Gasteiger partial charge in [-0.2, -0.15) is 0 Å². The highest BCUT2D eigenvalue weighted by molar-refractivity contribution is 14.0. The lowest BCUT2D eigenvalue weighted by molar-refractivity contribution is 0.213. The Morgan fingerprint density at radius 2 is 1.89 bits per heavy atom. The Hall–Kier alpha value is -0.0400. The molecule has 1 unspecified atom stereocenters. The number of nitrogens with zero attached hydrogens (tertiary/aromatic N) is 3.